The number of nitro benzene ring substituents is 1. The van der Waals surface area contributed by atoms with E-state index >= 15 is 0 Å². The molecule has 1 fully saturated rings. The molecule has 0 amide bonds. The number of likely N-dealkylation sites (tertiary alicyclic amines) is 1. The number of hydrogen-bond donors (Lipinski definition) is 1. The van der Waals surface area contributed by atoms with Crippen molar-refractivity contribution >= 4 is 23.0 Å². The molecule has 1 aliphatic heterocycles. The van der Waals surface area contributed by atoms with Crippen LogP contribution in [0.15, 0.2) is 18.2 Å². The van der Waals surface area contributed by atoms with E-state index in [1.165, 1.54) is 6.07 Å². The topological polar surface area (TPSA) is 58.4 Å². The van der Waals surface area contributed by atoms with Gasteiger partial charge in [-0.3, -0.25) is 10.1 Å². The van der Waals surface area contributed by atoms with Crippen LogP contribution in [0.5, 0.6) is 0 Å². The minimum atomic E-state index is -0.441. The Morgan fingerprint density at radius 1 is 1.59 bits per heavy atom. The van der Waals surface area contributed by atoms with Crippen LogP contribution in [-0.4, -0.2) is 36.0 Å². The fourth-order valence-corrected chi connectivity index (χ4v) is 2.33. The number of nitro groups is 1. The smallest absolute Gasteiger partial charge is 0.310 e. The maximum Gasteiger partial charge on any atom is 0.310 e. The van der Waals surface area contributed by atoms with Gasteiger partial charge in [-0.25, -0.2) is 0 Å². The molecule has 0 spiro atoms. The van der Waals surface area contributed by atoms with Crippen LogP contribution in [0.3, 0.4) is 0 Å². The second-order valence-corrected chi connectivity index (χ2v) is 4.69. The highest BCUT2D eigenvalue weighted by Gasteiger charge is 2.24. The average Bonchev–Trinajstić information content (AvgIpc) is 2.63. The zero-order chi connectivity index (χ0) is 12.4. The molecular formula is C11H14ClN3O2. The molecule has 1 atom stereocenters. The Morgan fingerprint density at radius 3 is 2.94 bits per heavy atom. The third-order valence-corrected chi connectivity index (χ3v) is 3.23. The molecule has 0 bridgehead atoms. The molecule has 17 heavy (non-hydrogen) atoms. The highest BCUT2D eigenvalue weighted by molar-refractivity contribution is 6.33. The van der Waals surface area contributed by atoms with Crippen LogP contribution in [0.4, 0.5) is 11.4 Å². The number of anilines is 1. The summed E-state index contributed by atoms with van der Waals surface area (Å²) in [7, 11) is 2.04. The molecule has 0 aromatic heterocycles. The quantitative estimate of drug-likeness (QED) is 0.665. The molecule has 5 nitrogen and oxygen atoms in total. The number of likely N-dealkylation sites (N-methyl/N-ethyl adjacent to an activating group) is 1. The van der Waals surface area contributed by atoms with Crippen LogP contribution in [-0.2, 0) is 0 Å². The standard InChI is InChI=1S/C11H14ClN3O2/c1-14-6-5-8(7-14)13-10-4-2-3-9(12)11(10)15(16)17/h2-4,8,13H,5-7H2,1H3. The molecule has 6 heteroatoms. The Bertz CT molecular complexity index is 439. The molecule has 0 radical (unpaired) electrons. The van der Waals surface area contributed by atoms with E-state index in [4.69, 9.17) is 11.6 Å². The Labute approximate surface area is 105 Å². The van der Waals surface area contributed by atoms with Crippen molar-refractivity contribution in [2.24, 2.45) is 0 Å². The third kappa shape index (κ3) is 2.68. The van der Waals surface area contributed by atoms with E-state index in [1.807, 2.05) is 7.05 Å². The number of nitrogens with zero attached hydrogens (tertiary/aromatic N) is 2. The lowest BCUT2D eigenvalue weighted by molar-refractivity contribution is -0.383. The van der Waals surface area contributed by atoms with Crippen molar-refractivity contribution in [2.75, 3.05) is 25.5 Å². The SMILES string of the molecule is CN1CCC(Nc2cccc(Cl)c2[N+](=O)[O-])C1. The van der Waals surface area contributed by atoms with Gasteiger partial charge in [0.2, 0.25) is 0 Å². The van der Waals surface area contributed by atoms with Crippen molar-refractivity contribution in [1.82, 2.24) is 4.90 Å². The lowest BCUT2D eigenvalue weighted by Crippen LogP contribution is -2.23. The molecular weight excluding hydrogens is 242 g/mol. The Morgan fingerprint density at radius 2 is 2.35 bits per heavy atom. The predicted octanol–water partition coefficient (Wildman–Crippen LogP) is 2.36. The van der Waals surface area contributed by atoms with Crippen molar-refractivity contribution in [2.45, 2.75) is 12.5 Å². The second kappa shape index (κ2) is 4.89. The number of rotatable bonds is 3. The Kier molecular flexibility index (Phi) is 3.49. The number of halogens is 1. The lowest BCUT2D eigenvalue weighted by Gasteiger charge is -2.14. The molecule has 1 N–H and O–H groups in total. The van der Waals surface area contributed by atoms with Crippen LogP contribution in [0.2, 0.25) is 5.02 Å². The van der Waals surface area contributed by atoms with Crippen molar-refractivity contribution in [3.05, 3.63) is 33.3 Å². The fraction of sp³-hybridized carbons (Fsp3) is 0.455. The van der Waals surface area contributed by atoms with Gasteiger partial charge < -0.3 is 10.2 Å². The summed E-state index contributed by atoms with van der Waals surface area (Å²) in [5, 5.41) is 14.3. The molecule has 92 valence electrons. The summed E-state index contributed by atoms with van der Waals surface area (Å²) in [6, 6.07) is 5.20. The average molecular weight is 256 g/mol. The Balaban J connectivity index is 2.20. The zero-order valence-electron chi connectivity index (χ0n) is 9.52. The molecule has 1 aromatic rings. The maximum absolute atomic E-state index is 11.0. The highest BCUT2D eigenvalue weighted by atomic mass is 35.5. The first-order valence-electron chi connectivity index (χ1n) is 5.46. The van der Waals surface area contributed by atoms with Gasteiger partial charge in [0.25, 0.3) is 0 Å². The number of para-hydroxylation sites is 1. The van der Waals surface area contributed by atoms with Gasteiger partial charge >= 0.3 is 5.69 Å². The van der Waals surface area contributed by atoms with Crippen molar-refractivity contribution in [1.29, 1.82) is 0 Å². The summed E-state index contributed by atoms with van der Waals surface area (Å²) in [4.78, 5) is 12.7. The second-order valence-electron chi connectivity index (χ2n) is 4.29. The summed E-state index contributed by atoms with van der Waals surface area (Å²) in [6.45, 7) is 1.90. The van der Waals surface area contributed by atoms with E-state index in [0.717, 1.165) is 19.5 Å². The van der Waals surface area contributed by atoms with Gasteiger partial charge in [0, 0.05) is 12.6 Å². The van der Waals surface area contributed by atoms with Crippen LogP contribution in [0, 0.1) is 10.1 Å². The summed E-state index contributed by atoms with van der Waals surface area (Å²) >= 11 is 5.85. The molecule has 0 saturated carbocycles. The van der Waals surface area contributed by atoms with E-state index < -0.39 is 4.92 Å². The van der Waals surface area contributed by atoms with Crippen molar-refractivity contribution < 1.29 is 4.92 Å². The van der Waals surface area contributed by atoms with Gasteiger partial charge in [-0.1, -0.05) is 17.7 Å². The van der Waals surface area contributed by atoms with Crippen LogP contribution in [0.25, 0.3) is 0 Å². The predicted molar refractivity (Wildman–Crippen MR) is 67.6 cm³/mol. The van der Waals surface area contributed by atoms with Gasteiger partial charge in [-0.15, -0.1) is 0 Å². The molecule has 2 rings (SSSR count). The Hall–Kier alpha value is -1.33. The highest BCUT2D eigenvalue weighted by Crippen LogP contribution is 2.33. The zero-order valence-corrected chi connectivity index (χ0v) is 10.3. The summed E-state index contributed by atoms with van der Waals surface area (Å²) in [5.41, 5.74) is 0.464. The van der Waals surface area contributed by atoms with Gasteiger partial charge in [-0.05, 0) is 32.1 Å². The minimum absolute atomic E-state index is 0.0382. The minimum Gasteiger partial charge on any atom is -0.375 e. The molecule has 1 heterocycles. The number of nitrogens with one attached hydrogen (secondary N) is 1. The molecule has 0 aliphatic carbocycles. The van der Waals surface area contributed by atoms with E-state index in [9.17, 15) is 10.1 Å². The maximum atomic E-state index is 11.0. The fourth-order valence-electron chi connectivity index (χ4n) is 2.09. The number of hydrogen-bond acceptors (Lipinski definition) is 4. The molecule has 1 aliphatic rings. The van der Waals surface area contributed by atoms with Crippen LogP contribution in [0.1, 0.15) is 6.42 Å². The molecule has 1 unspecified atom stereocenters. The summed E-state index contributed by atoms with van der Waals surface area (Å²) < 4.78 is 0. The van der Waals surface area contributed by atoms with E-state index in [-0.39, 0.29) is 16.8 Å². The van der Waals surface area contributed by atoms with E-state index in [0.29, 0.717) is 5.69 Å². The van der Waals surface area contributed by atoms with Crippen LogP contribution >= 0.6 is 11.6 Å². The monoisotopic (exact) mass is 255 g/mol. The first-order valence-corrected chi connectivity index (χ1v) is 5.83. The van der Waals surface area contributed by atoms with E-state index in [2.05, 4.69) is 10.2 Å². The van der Waals surface area contributed by atoms with Gasteiger partial charge in [0.05, 0.1) is 4.92 Å². The first-order chi connectivity index (χ1) is 8.08. The van der Waals surface area contributed by atoms with Crippen LogP contribution < -0.4 is 5.32 Å². The largest absolute Gasteiger partial charge is 0.375 e. The van der Waals surface area contributed by atoms with E-state index in [1.54, 1.807) is 12.1 Å². The van der Waals surface area contributed by atoms with Gasteiger partial charge in [0.1, 0.15) is 10.7 Å². The third-order valence-electron chi connectivity index (χ3n) is 2.92. The lowest BCUT2D eigenvalue weighted by atomic mass is 10.2. The van der Waals surface area contributed by atoms with Crippen molar-refractivity contribution in [3.63, 3.8) is 0 Å². The molecule has 1 saturated heterocycles. The van der Waals surface area contributed by atoms with Gasteiger partial charge in [-0.2, -0.15) is 0 Å². The van der Waals surface area contributed by atoms with Gasteiger partial charge in [0.15, 0.2) is 0 Å². The summed E-state index contributed by atoms with van der Waals surface area (Å²) in [6.07, 6.45) is 0.986. The first kappa shape index (κ1) is 12.1. The number of benzene rings is 1. The summed E-state index contributed by atoms with van der Waals surface area (Å²) in [5.74, 6) is 0. The normalized spacial score (nSPS) is 20.5. The van der Waals surface area contributed by atoms with Crippen molar-refractivity contribution in [3.8, 4) is 0 Å². The molecule has 1 aromatic carbocycles.